The topological polar surface area (TPSA) is 52.2 Å². The van der Waals surface area contributed by atoms with E-state index in [2.05, 4.69) is 26.0 Å². The molecule has 0 amide bonds. The van der Waals surface area contributed by atoms with E-state index in [1.807, 2.05) is 0 Å². The van der Waals surface area contributed by atoms with Crippen molar-refractivity contribution in [2.24, 2.45) is 5.41 Å². The van der Waals surface area contributed by atoms with E-state index >= 15 is 0 Å². The number of fused-ring (bicyclic) bond motifs is 1. The van der Waals surface area contributed by atoms with E-state index in [0.29, 0.717) is 12.2 Å². The molecule has 0 N–H and O–H groups in total. The van der Waals surface area contributed by atoms with Crippen molar-refractivity contribution in [3.8, 4) is 0 Å². The van der Waals surface area contributed by atoms with E-state index < -0.39 is 0 Å². The molecule has 0 atom stereocenters. The van der Waals surface area contributed by atoms with Gasteiger partial charge in [0, 0.05) is 17.7 Å². The van der Waals surface area contributed by atoms with Crippen LogP contribution in [-0.4, -0.2) is 24.5 Å². The van der Waals surface area contributed by atoms with Crippen LogP contribution in [0.2, 0.25) is 0 Å². The minimum Gasteiger partial charge on any atom is -0.259 e. The summed E-state index contributed by atoms with van der Waals surface area (Å²) in [4.78, 5) is 16.4. The highest BCUT2D eigenvalue weighted by Crippen LogP contribution is 2.37. The van der Waals surface area contributed by atoms with E-state index in [0.717, 1.165) is 18.2 Å². The number of halogens is 1. The lowest BCUT2D eigenvalue weighted by atomic mass is 9.82. The molecule has 0 bridgehead atoms. The molecule has 0 aromatic carbocycles. The highest BCUT2D eigenvalue weighted by atomic mass is 79.9. The Labute approximate surface area is 126 Å². The van der Waals surface area contributed by atoms with Crippen LogP contribution in [-0.2, 0) is 6.54 Å². The summed E-state index contributed by atoms with van der Waals surface area (Å²) in [5.74, 6) is 0. The van der Waals surface area contributed by atoms with Gasteiger partial charge < -0.3 is 0 Å². The number of hydrogen-bond acceptors (Lipinski definition) is 3. The Hall–Kier alpha value is -1.17. The third kappa shape index (κ3) is 2.53. The summed E-state index contributed by atoms with van der Waals surface area (Å²) in [6.07, 6.45) is 12.4. The summed E-state index contributed by atoms with van der Waals surface area (Å²) >= 11 is 3.67. The first kappa shape index (κ1) is 13.8. The van der Waals surface area contributed by atoms with Crippen LogP contribution in [0.1, 0.15) is 38.5 Å². The summed E-state index contributed by atoms with van der Waals surface area (Å²) in [5.41, 5.74) is 0.717. The van der Waals surface area contributed by atoms with Gasteiger partial charge in [-0.1, -0.05) is 41.6 Å². The van der Waals surface area contributed by atoms with Gasteiger partial charge in [-0.3, -0.25) is 4.98 Å². The maximum atomic E-state index is 12.4. The molecule has 0 saturated heterocycles. The van der Waals surface area contributed by atoms with Crippen molar-refractivity contribution in [2.75, 3.05) is 5.33 Å². The fourth-order valence-corrected chi connectivity index (χ4v) is 3.85. The molecule has 1 aliphatic rings. The predicted octanol–water partition coefficient (Wildman–Crippen LogP) is 2.63. The number of alkyl halides is 1. The lowest BCUT2D eigenvalue weighted by molar-refractivity contribution is 0.229. The Morgan fingerprint density at radius 1 is 1.25 bits per heavy atom. The molecule has 2 aromatic rings. The molecule has 3 rings (SSSR count). The minimum atomic E-state index is -0.0630. The molecule has 0 spiro atoms. The highest BCUT2D eigenvalue weighted by Gasteiger charge is 2.31. The van der Waals surface area contributed by atoms with E-state index in [-0.39, 0.29) is 11.1 Å². The first-order valence-electron chi connectivity index (χ1n) is 7.19. The van der Waals surface area contributed by atoms with Crippen molar-refractivity contribution in [3.63, 3.8) is 0 Å². The van der Waals surface area contributed by atoms with Gasteiger partial charge in [0.1, 0.15) is 0 Å². The SMILES string of the molecule is O=c1n(CC2(CBr)CCCCCC2)nc2cnccn12. The second kappa shape index (κ2) is 5.68. The molecule has 1 saturated carbocycles. The van der Waals surface area contributed by atoms with Gasteiger partial charge in [0.15, 0.2) is 5.65 Å². The van der Waals surface area contributed by atoms with Gasteiger partial charge in [-0.25, -0.2) is 13.9 Å². The molecule has 0 radical (unpaired) electrons. The molecule has 5 nitrogen and oxygen atoms in total. The predicted molar refractivity (Wildman–Crippen MR) is 81.2 cm³/mol. The van der Waals surface area contributed by atoms with Crippen molar-refractivity contribution in [1.82, 2.24) is 19.2 Å². The standard InChI is InChI=1S/C14H19BrN4O/c15-10-14(5-3-1-2-4-6-14)11-19-13(20)18-8-7-16-9-12(18)17-19/h7-9H,1-6,10-11H2. The van der Waals surface area contributed by atoms with Gasteiger partial charge in [0.05, 0.1) is 12.7 Å². The Morgan fingerprint density at radius 2 is 2.00 bits per heavy atom. The third-order valence-electron chi connectivity index (χ3n) is 4.32. The first-order chi connectivity index (χ1) is 9.74. The van der Waals surface area contributed by atoms with Crippen LogP contribution >= 0.6 is 15.9 Å². The lowest BCUT2D eigenvalue weighted by Crippen LogP contribution is -2.34. The van der Waals surface area contributed by atoms with Crippen molar-refractivity contribution in [1.29, 1.82) is 0 Å². The van der Waals surface area contributed by atoms with E-state index in [4.69, 9.17) is 0 Å². The van der Waals surface area contributed by atoms with Gasteiger partial charge in [0.25, 0.3) is 0 Å². The zero-order valence-electron chi connectivity index (χ0n) is 11.5. The van der Waals surface area contributed by atoms with Crippen molar-refractivity contribution in [3.05, 3.63) is 29.1 Å². The van der Waals surface area contributed by atoms with Gasteiger partial charge in [-0.05, 0) is 18.3 Å². The van der Waals surface area contributed by atoms with Crippen LogP contribution in [0.4, 0.5) is 0 Å². The van der Waals surface area contributed by atoms with Crippen molar-refractivity contribution < 1.29 is 0 Å². The monoisotopic (exact) mass is 338 g/mol. The molecule has 1 fully saturated rings. The molecule has 108 valence electrons. The van der Waals surface area contributed by atoms with Gasteiger partial charge in [-0.15, -0.1) is 5.10 Å². The highest BCUT2D eigenvalue weighted by molar-refractivity contribution is 9.09. The molecule has 20 heavy (non-hydrogen) atoms. The minimum absolute atomic E-state index is 0.0630. The quantitative estimate of drug-likeness (QED) is 0.638. The number of aromatic nitrogens is 4. The summed E-state index contributed by atoms with van der Waals surface area (Å²) in [6, 6.07) is 0. The van der Waals surface area contributed by atoms with Gasteiger partial charge in [0.2, 0.25) is 0 Å². The molecule has 2 heterocycles. The zero-order chi connectivity index (χ0) is 14.0. The molecule has 6 heteroatoms. The fraction of sp³-hybridized carbons (Fsp3) is 0.643. The molecular formula is C14H19BrN4O. The summed E-state index contributed by atoms with van der Waals surface area (Å²) in [6.45, 7) is 0.693. The van der Waals surface area contributed by atoms with Crippen molar-refractivity contribution >= 4 is 21.6 Å². The average molecular weight is 339 g/mol. The fourth-order valence-electron chi connectivity index (χ4n) is 3.11. The molecule has 2 aromatic heterocycles. The largest absolute Gasteiger partial charge is 0.350 e. The van der Waals surface area contributed by atoms with Crippen LogP contribution in [0.25, 0.3) is 5.65 Å². The smallest absolute Gasteiger partial charge is 0.259 e. The van der Waals surface area contributed by atoms with Gasteiger partial charge >= 0.3 is 5.69 Å². The third-order valence-corrected chi connectivity index (χ3v) is 5.51. The van der Waals surface area contributed by atoms with Crippen molar-refractivity contribution in [2.45, 2.75) is 45.1 Å². The second-order valence-electron chi connectivity index (χ2n) is 5.79. The average Bonchev–Trinajstić information content (AvgIpc) is 2.66. The molecule has 1 aliphatic carbocycles. The molecular weight excluding hydrogens is 320 g/mol. The maximum absolute atomic E-state index is 12.4. The summed E-state index contributed by atoms with van der Waals surface area (Å²) in [5, 5.41) is 5.34. The van der Waals surface area contributed by atoms with E-state index in [9.17, 15) is 4.79 Å². The Morgan fingerprint density at radius 3 is 2.65 bits per heavy atom. The number of rotatable bonds is 3. The first-order valence-corrected chi connectivity index (χ1v) is 8.31. The maximum Gasteiger partial charge on any atom is 0.350 e. The van der Waals surface area contributed by atoms with Crippen LogP contribution in [0, 0.1) is 5.41 Å². The zero-order valence-corrected chi connectivity index (χ0v) is 13.0. The lowest BCUT2D eigenvalue weighted by Gasteiger charge is -2.30. The van der Waals surface area contributed by atoms with Gasteiger partial charge in [-0.2, -0.15) is 0 Å². The molecule has 0 aliphatic heterocycles. The van der Waals surface area contributed by atoms with Crippen LogP contribution in [0.3, 0.4) is 0 Å². The number of nitrogens with zero attached hydrogens (tertiary/aromatic N) is 4. The Balaban J connectivity index is 1.94. The van der Waals surface area contributed by atoms with E-state index in [1.165, 1.54) is 25.7 Å². The second-order valence-corrected chi connectivity index (χ2v) is 6.35. The Kier molecular flexibility index (Phi) is 3.92. The summed E-state index contributed by atoms with van der Waals surface area (Å²) in [7, 11) is 0. The van der Waals surface area contributed by atoms with Crippen LogP contribution in [0.15, 0.2) is 23.4 Å². The Bertz CT molecular complexity index is 640. The number of hydrogen-bond donors (Lipinski definition) is 0. The van der Waals surface area contributed by atoms with Crippen LogP contribution in [0.5, 0.6) is 0 Å². The molecule has 0 unspecified atom stereocenters. The summed E-state index contributed by atoms with van der Waals surface area (Å²) < 4.78 is 3.18. The van der Waals surface area contributed by atoms with Crippen LogP contribution < -0.4 is 5.69 Å². The van der Waals surface area contributed by atoms with E-state index in [1.54, 1.807) is 27.7 Å². The normalized spacial score (nSPS) is 19.1.